The number of hydrogen-bond donors (Lipinski definition) is 1. The number of rotatable bonds is 4. The summed E-state index contributed by atoms with van der Waals surface area (Å²) in [6.07, 6.45) is -4.42. The first-order valence-electron chi connectivity index (χ1n) is 8.44. The number of sulfone groups is 1. The Bertz CT molecular complexity index is 792. The van der Waals surface area contributed by atoms with E-state index < -0.39 is 26.3 Å². The Labute approximate surface area is 157 Å². The van der Waals surface area contributed by atoms with E-state index >= 15 is 0 Å². The van der Waals surface area contributed by atoms with Gasteiger partial charge in [0.15, 0.2) is 15.8 Å². The predicted octanol–water partition coefficient (Wildman–Crippen LogP) is 2.17. The molecule has 1 aromatic rings. The largest absolute Gasteiger partial charge is 0.492 e. The third kappa shape index (κ3) is 5.27. The SMILES string of the molecule is CN=C(NCCOc1cccc(C(F)(F)F)c1)N1CCS(=O)(=O)C(C)(C)C1. The lowest BCUT2D eigenvalue weighted by Crippen LogP contribution is -2.57. The van der Waals surface area contributed by atoms with Crippen LogP contribution >= 0.6 is 0 Å². The van der Waals surface area contributed by atoms with Crippen LogP contribution in [-0.2, 0) is 16.0 Å². The summed E-state index contributed by atoms with van der Waals surface area (Å²) in [5, 5.41) is 3.05. The van der Waals surface area contributed by atoms with Crippen LogP contribution in [0, 0.1) is 0 Å². The highest BCUT2D eigenvalue weighted by Gasteiger charge is 2.40. The van der Waals surface area contributed by atoms with E-state index in [1.807, 2.05) is 4.90 Å². The molecule has 6 nitrogen and oxygen atoms in total. The van der Waals surface area contributed by atoms with Crippen LogP contribution in [0.15, 0.2) is 29.3 Å². The molecule has 1 heterocycles. The topological polar surface area (TPSA) is 71.0 Å². The van der Waals surface area contributed by atoms with Crippen LogP contribution in [0.1, 0.15) is 19.4 Å². The van der Waals surface area contributed by atoms with Crippen LogP contribution in [0.2, 0.25) is 0 Å². The monoisotopic (exact) mass is 407 g/mol. The van der Waals surface area contributed by atoms with Crippen molar-refractivity contribution in [2.24, 2.45) is 4.99 Å². The standard InChI is InChI=1S/C17H24F3N3O3S/c1-16(2)12-23(8-10-27(16,24)25)15(21-3)22-7-9-26-14-6-4-5-13(11-14)17(18,19)20/h4-6,11H,7-10,12H2,1-3H3,(H,21,22). The molecule has 1 aliphatic rings. The molecule has 0 radical (unpaired) electrons. The van der Waals surface area contributed by atoms with Gasteiger partial charge in [0, 0.05) is 20.1 Å². The Morgan fingerprint density at radius 1 is 1.37 bits per heavy atom. The van der Waals surface area contributed by atoms with Crippen molar-refractivity contribution in [3.05, 3.63) is 29.8 Å². The van der Waals surface area contributed by atoms with Gasteiger partial charge in [-0.1, -0.05) is 6.07 Å². The number of hydrogen-bond acceptors (Lipinski definition) is 4. The quantitative estimate of drug-likeness (QED) is 0.471. The van der Waals surface area contributed by atoms with Crippen molar-refractivity contribution in [1.82, 2.24) is 10.2 Å². The maximum atomic E-state index is 12.7. The molecular weight excluding hydrogens is 383 g/mol. The molecule has 1 saturated heterocycles. The Kier molecular flexibility index (Phi) is 6.28. The van der Waals surface area contributed by atoms with E-state index in [0.29, 0.717) is 25.6 Å². The van der Waals surface area contributed by atoms with Gasteiger partial charge in [0.25, 0.3) is 0 Å². The Morgan fingerprint density at radius 2 is 2.07 bits per heavy atom. The third-order valence-electron chi connectivity index (χ3n) is 4.37. The van der Waals surface area contributed by atoms with Crippen LogP contribution in [0.5, 0.6) is 5.75 Å². The third-order valence-corrected chi connectivity index (χ3v) is 6.90. The number of halogens is 3. The lowest BCUT2D eigenvalue weighted by Gasteiger charge is -2.39. The van der Waals surface area contributed by atoms with Crippen molar-refractivity contribution in [2.75, 3.05) is 39.0 Å². The van der Waals surface area contributed by atoms with E-state index in [4.69, 9.17) is 4.74 Å². The zero-order valence-electron chi connectivity index (χ0n) is 15.5. The molecule has 0 spiro atoms. The van der Waals surface area contributed by atoms with Crippen molar-refractivity contribution in [1.29, 1.82) is 0 Å². The molecule has 0 aliphatic carbocycles. The second-order valence-electron chi connectivity index (χ2n) is 6.85. The number of benzene rings is 1. The fourth-order valence-corrected chi connectivity index (χ4v) is 4.12. The van der Waals surface area contributed by atoms with Crippen molar-refractivity contribution >= 4 is 15.8 Å². The molecule has 1 fully saturated rings. The molecule has 0 bridgehead atoms. The number of nitrogens with zero attached hydrogens (tertiary/aromatic N) is 2. The first kappa shape index (κ1) is 21.3. The van der Waals surface area contributed by atoms with Crippen molar-refractivity contribution in [2.45, 2.75) is 24.8 Å². The molecule has 0 saturated carbocycles. The van der Waals surface area contributed by atoms with Crippen molar-refractivity contribution < 1.29 is 26.3 Å². The molecule has 0 amide bonds. The smallest absolute Gasteiger partial charge is 0.416 e. The second kappa shape index (κ2) is 7.95. The van der Waals surface area contributed by atoms with E-state index in [0.717, 1.165) is 12.1 Å². The Balaban J connectivity index is 1.88. The van der Waals surface area contributed by atoms with E-state index in [1.54, 1.807) is 20.9 Å². The summed E-state index contributed by atoms with van der Waals surface area (Å²) >= 11 is 0. The normalized spacial score (nSPS) is 19.6. The van der Waals surface area contributed by atoms with Gasteiger partial charge in [-0.3, -0.25) is 4.99 Å². The maximum absolute atomic E-state index is 12.7. The zero-order valence-corrected chi connectivity index (χ0v) is 16.3. The Hall–Kier alpha value is -1.97. The fraction of sp³-hybridized carbons (Fsp3) is 0.588. The van der Waals surface area contributed by atoms with E-state index in [9.17, 15) is 21.6 Å². The van der Waals surface area contributed by atoms with Gasteiger partial charge in [0.1, 0.15) is 12.4 Å². The predicted molar refractivity (Wildman–Crippen MR) is 97.7 cm³/mol. The first-order chi connectivity index (χ1) is 12.5. The van der Waals surface area contributed by atoms with Gasteiger partial charge in [-0.15, -0.1) is 0 Å². The van der Waals surface area contributed by atoms with Crippen LogP contribution in [0.3, 0.4) is 0 Å². The summed E-state index contributed by atoms with van der Waals surface area (Å²) in [5.41, 5.74) is -0.763. The molecule has 0 aromatic heterocycles. The average molecular weight is 407 g/mol. The number of alkyl halides is 3. The molecule has 2 rings (SSSR count). The fourth-order valence-electron chi connectivity index (χ4n) is 2.75. The summed E-state index contributed by atoms with van der Waals surface area (Å²) in [7, 11) is -1.56. The summed E-state index contributed by atoms with van der Waals surface area (Å²) in [6, 6.07) is 4.69. The van der Waals surface area contributed by atoms with Gasteiger partial charge >= 0.3 is 6.18 Å². The minimum Gasteiger partial charge on any atom is -0.492 e. The molecule has 1 aliphatic heterocycles. The van der Waals surface area contributed by atoms with E-state index in [1.165, 1.54) is 12.1 Å². The van der Waals surface area contributed by atoms with E-state index in [2.05, 4.69) is 10.3 Å². The minimum absolute atomic E-state index is 0.0431. The number of ether oxygens (including phenoxy) is 1. The molecule has 0 atom stereocenters. The van der Waals surface area contributed by atoms with Crippen LogP contribution < -0.4 is 10.1 Å². The second-order valence-corrected chi connectivity index (χ2v) is 9.59. The number of guanidine groups is 1. The zero-order chi connectivity index (χ0) is 20.3. The van der Waals surface area contributed by atoms with Crippen LogP contribution in [0.4, 0.5) is 13.2 Å². The molecule has 152 valence electrons. The van der Waals surface area contributed by atoms with Gasteiger partial charge < -0.3 is 15.0 Å². The molecule has 27 heavy (non-hydrogen) atoms. The van der Waals surface area contributed by atoms with Crippen LogP contribution in [-0.4, -0.2) is 63.1 Å². The average Bonchev–Trinajstić information content (AvgIpc) is 2.57. The summed E-state index contributed by atoms with van der Waals surface area (Å²) in [4.78, 5) is 6.00. The van der Waals surface area contributed by atoms with Gasteiger partial charge in [-0.25, -0.2) is 8.42 Å². The minimum atomic E-state index is -4.42. The van der Waals surface area contributed by atoms with Gasteiger partial charge in [-0.05, 0) is 32.0 Å². The van der Waals surface area contributed by atoms with E-state index in [-0.39, 0.29) is 18.1 Å². The van der Waals surface area contributed by atoms with Crippen molar-refractivity contribution in [3.8, 4) is 5.75 Å². The molecule has 10 heteroatoms. The molecule has 1 aromatic carbocycles. The van der Waals surface area contributed by atoms with Gasteiger partial charge in [0.2, 0.25) is 0 Å². The highest BCUT2D eigenvalue weighted by molar-refractivity contribution is 7.92. The van der Waals surface area contributed by atoms with Gasteiger partial charge in [-0.2, -0.15) is 13.2 Å². The van der Waals surface area contributed by atoms with Crippen LogP contribution in [0.25, 0.3) is 0 Å². The summed E-state index contributed by atoms with van der Waals surface area (Å²) in [6.45, 7) is 4.45. The summed E-state index contributed by atoms with van der Waals surface area (Å²) < 4.78 is 66.8. The summed E-state index contributed by atoms with van der Waals surface area (Å²) in [5.74, 6) is 0.707. The van der Waals surface area contributed by atoms with Crippen molar-refractivity contribution in [3.63, 3.8) is 0 Å². The highest BCUT2D eigenvalue weighted by atomic mass is 32.2. The molecular formula is C17H24F3N3O3S. The molecule has 1 N–H and O–H groups in total. The number of nitrogens with one attached hydrogen (secondary N) is 1. The van der Waals surface area contributed by atoms with Gasteiger partial charge in [0.05, 0.1) is 22.6 Å². The lowest BCUT2D eigenvalue weighted by molar-refractivity contribution is -0.137. The number of aliphatic imine (C=N–C) groups is 1. The molecule has 0 unspecified atom stereocenters. The lowest BCUT2D eigenvalue weighted by atomic mass is 10.2. The highest BCUT2D eigenvalue weighted by Crippen LogP contribution is 2.31. The maximum Gasteiger partial charge on any atom is 0.416 e. The first-order valence-corrected chi connectivity index (χ1v) is 10.1. The Morgan fingerprint density at radius 3 is 2.67 bits per heavy atom.